The number of ether oxygens (including phenoxy) is 1. The molecule has 2 aromatic rings. The van der Waals surface area contributed by atoms with Crippen molar-refractivity contribution < 1.29 is 24.2 Å². The van der Waals surface area contributed by atoms with Crippen molar-refractivity contribution >= 4 is 17.9 Å². The summed E-state index contributed by atoms with van der Waals surface area (Å²) in [4.78, 5) is 47.2. The number of aliphatic carboxylic acids is 1. The van der Waals surface area contributed by atoms with E-state index in [9.17, 15) is 19.5 Å². The largest absolute Gasteiger partial charge is 0.497 e. The summed E-state index contributed by atoms with van der Waals surface area (Å²) in [5.41, 5.74) is 1.49. The van der Waals surface area contributed by atoms with E-state index >= 15 is 0 Å². The number of carboxylic acids is 1. The first-order valence-electron chi connectivity index (χ1n) is 14.0. The van der Waals surface area contributed by atoms with Crippen LogP contribution in [0.5, 0.6) is 5.75 Å². The number of carbonyl (C=O) groups is 3. The van der Waals surface area contributed by atoms with Crippen LogP contribution >= 0.6 is 0 Å². The number of piperidine rings is 1. The Balaban J connectivity index is 1.42. The van der Waals surface area contributed by atoms with Crippen molar-refractivity contribution in [1.82, 2.24) is 25.5 Å². The van der Waals surface area contributed by atoms with Gasteiger partial charge in [-0.25, -0.2) is 9.78 Å². The summed E-state index contributed by atoms with van der Waals surface area (Å²) in [6, 6.07) is 6.32. The Morgan fingerprint density at radius 3 is 2.49 bits per heavy atom. The molecule has 10 nitrogen and oxygen atoms in total. The fourth-order valence-corrected chi connectivity index (χ4v) is 6.28. The Morgan fingerprint density at radius 2 is 1.87 bits per heavy atom. The van der Waals surface area contributed by atoms with Gasteiger partial charge in [-0.2, -0.15) is 0 Å². The highest BCUT2D eigenvalue weighted by Crippen LogP contribution is 2.48. The van der Waals surface area contributed by atoms with Gasteiger partial charge >= 0.3 is 12.0 Å². The van der Waals surface area contributed by atoms with E-state index in [0.717, 1.165) is 42.7 Å². The molecule has 212 valence electrons. The zero-order valence-corrected chi connectivity index (χ0v) is 22.8. The number of benzene rings is 1. The van der Waals surface area contributed by atoms with Gasteiger partial charge in [0.25, 0.3) is 0 Å². The molecule has 4 rings (SSSR count). The first-order chi connectivity index (χ1) is 18.9. The van der Waals surface area contributed by atoms with Gasteiger partial charge in [0.1, 0.15) is 11.8 Å². The highest BCUT2D eigenvalue weighted by Gasteiger charge is 2.44. The number of aromatic amines is 1. The second-order valence-corrected chi connectivity index (χ2v) is 10.9. The molecule has 2 fully saturated rings. The molecule has 0 spiro atoms. The second-order valence-electron chi connectivity index (χ2n) is 10.9. The molecule has 2 heterocycles. The van der Waals surface area contributed by atoms with Crippen LogP contribution in [-0.2, 0) is 22.4 Å². The standard InChI is InChI=1S/C29H41N5O5/c1-39-24-9-7-21(8-10-24)17-25(33-28(38)31-14-11-23-19-30-20-32-23)27(37)34-15-12-29(13-16-34,18-26(35)36)22-5-3-2-4-6-22/h7-10,19-20,22,25H,2-6,11-18H2,1H3,(H,30,32)(H,35,36)(H2,31,33,38). The fraction of sp³-hybridized carbons (Fsp3) is 0.586. The summed E-state index contributed by atoms with van der Waals surface area (Å²) >= 11 is 0. The molecule has 39 heavy (non-hydrogen) atoms. The third kappa shape index (κ3) is 7.74. The molecule has 1 saturated heterocycles. The van der Waals surface area contributed by atoms with E-state index in [1.165, 1.54) is 6.42 Å². The zero-order chi connectivity index (χ0) is 27.7. The fourth-order valence-electron chi connectivity index (χ4n) is 6.28. The van der Waals surface area contributed by atoms with Gasteiger partial charge in [-0.1, -0.05) is 31.4 Å². The molecule has 2 aliphatic rings. The van der Waals surface area contributed by atoms with Crippen molar-refractivity contribution in [1.29, 1.82) is 0 Å². The normalized spacial score (nSPS) is 18.2. The van der Waals surface area contributed by atoms with Gasteiger partial charge in [-0.05, 0) is 54.7 Å². The van der Waals surface area contributed by atoms with Crippen LogP contribution in [0, 0.1) is 11.3 Å². The predicted octanol–water partition coefficient (Wildman–Crippen LogP) is 3.54. The number of likely N-dealkylation sites (tertiary alicyclic amines) is 1. The van der Waals surface area contributed by atoms with E-state index in [4.69, 9.17) is 4.74 Å². The third-order valence-corrected chi connectivity index (χ3v) is 8.47. The minimum atomic E-state index is -0.758. The number of imidazole rings is 1. The maximum Gasteiger partial charge on any atom is 0.315 e. The van der Waals surface area contributed by atoms with E-state index in [1.807, 2.05) is 24.3 Å². The summed E-state index contributed by atoms with van der Waals surface area (Å²) in [7, 11) is 1.60. The number of aromatic nitrogens is 2. The lowest BCUT2D eigenvalue weighted by Crippen LogP contribution is -2.55. The molecule has 1 aliphatic heterocycles. The predicted molar refractivity (Wildman–Crippen MR) is 146 cm³/mol. The molecule has 3 amide bonds. The summed E-state index contributed by atoms with van der Waals surface area (Å²) < 4.78 is 5.25. The van der Waals surface area contributed by atoms with E-state index in [1.54, 1.807) is 24.5 Å². The monoisotopic (exact) mass is 539 g/mol. The number of methoxy groups -OCH3 is 1. The smallest absolute Gasteiger partial charge is 0.315 e. The summed E-state index contributed by atoms with van der Waals surface area (Å²) in [6.45, 7) is 1.40. The molecule has 1 aromatic heterocycles. The van der Waals surface area contributed by atoms with Gasteiger partial charge < -0.3 is 30.4 Å². The number of hydrogen-bond donors (Lipinski definition) is 4. The number of nitrogens with zero attached hydrogens (tertiary/aromatic N) is 2. The van der Waals surface area contributed by atoms with Gasteiger partial charge in [0.2, 0.25) is 5.91 Å². The van der Waals surface area contributed by atoms with Crippen molar-refractivity contribution in [3.63, 3.8) is 0 Å². The third-order valence-electron chi connectivity index (χ3n) is 8.47. The Kier molecular flexibility index (Phi) is 9.84. The van der Waals surface area contributed by atoms with Crippen molar-refractivity contribution in [3.8, 4) is 5.75 Å². The van der Waals surface area contributed by atoms with Crippen LogP contribution in [-0.4, -0.2) is 70.7 Å². The molecule has 1 atom stereocenters. The van der Waals surface area contributed by atoms with E-state index in [-0.39, 0.29) is 17.7 Å². The second kappa shape index (κ2) is 13.5. The van der Waals surface area contributed by atoms with Crippen LogP contribution in [0.2, 0.25) is 0 Å². The lowest BCUT2D eigenvalue weighted by atomic mass is 9.62. The van der Waals surface area contributed by atoms with Gasteiger partial charge in [-0.3, -0.25) is 9.59 Å². The maximum atomic E-state index is 13.8. The average molecular weight is 540 g/mol. The molecule has 1 aliphatic carbocycles. The number of H-pyrrole nitrogens is 1. The lowest BCUT2D eigenvalue weighted by molar-refractivity contribution is -0.144. The average Bonchev–Trinajstić information content (AvgIpc) is 3.47. The van der Waals surface area contributed by atoms with Crippen LogP contribution in [0.3, 0.4) is 0 Å². The SMILES string of the molecule is COc1ccc(CC(NC(=O)NCCc2c[nH]cn2)C(=O)N2CCC(CC(=O)O)(C3CCCCC3)CC2)cc1. The molecule has 1 saturated carbocycles. The van der Waals surface area contributed by atoms with Crippen LogP contribution in [0.15, 0.2) is 36.8 Å². The number of carboxylic acid groups (broad SMARTS) is 1. The lowest BCUT2D eigenvalue weighted by Gasteiger charge is -2.47. The molecule has 1 unspecified atom stereocenters. The minimum absolute atomic E-state index is 0.138. The quantitative estimate of drug-likeness (QED) is 0.345. The number of amides is 3. The van der Waals surface area contributed by atoms with E-state index in [2.05, 4.69) is 20.6 Å². The summed E-state index contributed by atoms with van der Waals surface area (Å²) in [5.74, 6) is 0.221. The number of carbonyl (C=O) groups excluding carboxylic acids is 2. The van der Waals surface area contributed by atoms with Crippen molar-refractivity contribution in [2.24, 2.45) is 11.3 Å². The Labute approximate surface area is 229 Å². The highest BCUT2D eigenvalue weighted by molar-refractivity contribution is 5.87. The maximum absolute atomic E-state index is 13.8. The Hall–Kier alpha value is -3.56. The molecule has 0 radical (unpaired) electrons. The van der Waals surface area contributed by atoms with E-state index in [0.29, 0.717) is 51.2 Å². The van der Waals surface area contributed by atoms with Crippen LogP contribution in [0.1, 0.15) is 62.6 Å². The zero-order valence-electron chi connectivity index (χ0n) is 22.8. The van der Waals surface area contributed by atoms with Gasteiger partial charge in [-0.15, -0.1) is 0 Å². The van der Waals surface area contributed by atoms with E-state index < -0.39 is 18.0 Å². The summed E-state index contributed by atoms with van der Waals surface area (Å²) in [6.07, 6.45) is 11.5. The molecule has 1 aromatic carbocycles. The van der Waals surface area contributed by atoms with Crippen molar-refractivity contribution in [2.75, 3.05) is 26.7 Å². The highest BCUT2D eigenvalue weighted by atomic mass is 16.5. The number of hydrogen-bond acceptors (Lipinski definition) is 5. The summed E-state index contributed by atoms with van der Waals surface area (Å²) in [5, 5.41) is 15.4. The van der Waals surface area contributed by atoms with Crippen LogP contribution < -0.4 is 15.4 Å². The molecule has 4 N–H and O–H groups in total. The number of urea groups is 1. The van der Waals surface area contributed by atoms with Gasteiger partial charge in [0.15, 0.2) is 0 Å². The van der Waals surface area contributed by atoms with Crippen molar-refractivity contribution in [2.45, 2.75) is 70.3 Å². The first-order valence-corrected chi connectivity index (χ1v) is 14.0. The molecule has 0 bridgehead atoms. The molecular formula is C29H41N5O5. The molecular weight excluding hydrogens is 498 g/mol. The number of nitrogens with one attached hydrogen (secondary N) is 3. The Bertz CT molecular complexity index is 1070. The number of rotatable bonds is 11. The van der Waals surface area contributed by atoms with Crippen LogP contribution in [0.25, 0.3) is 0 Å². The first kappa shape index (κ1) is 28.4. The van der Waals surface area contributed by atoms with Crippen LogP contribution in [0.4, 0.5) is 4.79 Å². The molecule has 10 heteroatoms. The Morgan fingerprint density at radius 1 is 1.15 bits per heavy atom. The minimum Gasteiger partial charge on any atom is -0.497 e. The van der Waals surface area contributed by atoms with Crippen molar-refractivity contribution in [3.05, 3.63) is 48.0 Å². The topological polar surface area (TPSA) is 137 Å². The van der Waals surface area contributed by atoms with Gasteiger partial charge in [0, 0.05) is 38.7 Å². The van der Waals surface area contributed by atoms with Gasteiger partial charge in [0.05, 0.1) is 25.6 Å².